The van der Waals surface area contributed by atoms with E-state index in [0.29, 0.717) is 6.61 Å². The molecule has 11 heavy (non-hydrogen) atoms. The monoisotopic (exact) mass is 175 g/mol. The molecule has 64 valence electrons. The zero-order valence-electron chi connectivity index (χ0n) is 7.09. The SMILES string of the molecule is CCOC(=O)/N=C(/C)SCC. The number of nitrogens with zero attached hydrogens (tertiary/aromatic N) is 1. The Labute approximate surface area is 71.2 Å². The van der Waals surface area contributed by atoms with Gasteiger partial charge in [0, 0.05) is 0 Å². The van der Waals surface area contributed by atoms with Crippen molar-refractivity contribution in [2.24, 2.45) is 4.99 Å². The number of hydrogen-bond acceptors (Lipinski definition) is 3. The summed E-state index contributed by atoms with van der Waals surface area (Å²) in [6.45, 7) is 5.95. The average molecular weight is 175 g/mol. The second-order valence-corrected chi connectivity index (χ2v) is 3.22. The highest BCUT2D eigenvalue weighted by Gasteiger charge is 1.97. The number of hydrogen-bond donors (Lipinski definition) is 0. The van der Waals surface area contributed by atoms with E-state index < -0.39 is 6.09 Å². The molecular weight excluding hydrogens is 162 g/mol. The fourth-order valence-corrected chi connectivity index (χ4v) is 1.08. The van der Waals surface area contributed by atoms with E-state index in [1.807, 2.05) is 6.92 Å². The first-order valence-electron chi connectivity index (χ1n) is 3.55. The lowest BCUT2D eigenvalue weighted by atomic mass is 10.8. The maximum Gasteiger partial charge on any atom is 0.434 e. The summed E-state index contributed by atoms with van der Waals surface area (Å²) in [5, 5.41) is 0.756. The Bertz CT molecular complexity index is 157. The summed E-state index contributed by atoms with van der Waals surface area (Å²) in [6.07, 6.45) is -0.494. The number of thioether (sulfide) groups is 1. The molecule has 0 atom stereocenters. The van der Waals surface area contributed by atoms with E-state index in [4.69, 9.17) is 0 Å². The third-order valence-electron chi connectivity index (χ3n) is 0.870. The molecule has 0 bridgehead atoms. The minimum Gasteiger partial charge on any atom is -0.448 e. The molecule has 1 amide bonds. The van der Waals surface area contributed by atoms with Crippen LogP contribution in [0.3, 0.4) is 0 Å². The molecule has 0 spiro atoms. The summed E-state index contributed by atoms with van der Waals surface area (Å²) in [5.41, 5.74) is 0. The zero-order chi connectivity index (χ0) is 8.69. The van der Waals surface area contributed by atoms with Crippen molar-refractivity contribution in [3.63, 3.8) is 0 Å². The maximum atomic E-state index is 10.7. The van der Waals surface area contributed by atoms with Crippen LogP contribution in [0, 0.1) is 0 Å². The summed E-state index contributed by atoms with van der Waals surface area (Å²) in [5.74, 6) is 0.925. The maximum absolute atomic E-state index is 10.7. The van der Waals surface area contributed by atoms with Crippen LogP contribution in [0.2, 0.25) is 0 Å². The van der Waals surface area contributed by atoms with Gasteiger partial charge in [-0.3, -0.25) is 0 Å². The van der Waals surface area contributed by atoms with Crippen molar-refractivity contribution in [3.8, 4) is 0 Å². The van der Waals surface area contributed by atoms with Crippen molar-refractivity contribution < 1.29 is 9.53 Å². The van der Waals surface area contributed by atoms with Crippen LogP contribution in [0.4, 0.5) is 4.79 Å². The zero-order valence-corrected chi connectivity index (χ0v) is 7.90. The molecular formula is C7H13NO2S. The highest BCUT2D eigenvalue weighted by Crippen LogP contribution is 2.02. The van der Waals surface area contributed by atoms with Gasteiger partial charge in [0.2, 0.25) is 0 Å². The fourth-order valence-electron chi connectivity index (χ4n) is 0.525. The quantitative estimate of drug-likeness (QED) is 0.477. The topological polar surface area (TPSA) is 38.7 Å². The minimum atomic E-state index is -0.494. The van der Waals surface area contributed by atoms with Crippen LogP contribution in [0.15, 0.2) is 4.99 Å². The van der Waals surface area contributed by atoms with E-state index in [1.54, 1.807) is 13.8 Å². The Kier molecular flexibility index (Phi) is 5.93. The molecule has 0 aliphatic heterocycles. The largest absolute Gasteiger partial charge is 0.448 e. The number of carbonyl (C=O) groups excluding carboxylic acids is 1. The van der Waals surface area contributed by atoms with Gasteiger partial charge in [-0.1, -0.05) is 6.92 Å². The van der Waals surface area contributed by atoms with E-state index in [2.05, 4.69) is 9.73 Å². The summed E-state index contributed by atoms with van der Waals surface area (Å²) >= 11 is 1.53. The number of amides is 1. The molecule has 0 unspecified atom stereocenters. The number of carbonyl (C=O) groups is 1. The molecule has 0 radical (unpaired) electrons. The van der Waals surface area contributed by atoms with Crippen LogP contribution in [0.5, 0.6) is 0 Å². The molecule has 0 fully saturated rings. The molecule has 0 rings (SSSR count). The van der Waals surface area contributed by atoms with Crippen LogP contribution in [-0.2, 0) is 4.74 Å². The Hall–Kier alpha value is -0.510. The fraction of sp³-hybridized carbons (Fsp3) is 0.714. The van der Waals surface area contributed by atoms with Gasteiger partial charge < -0.3 is 4.74 Å². The Balaban J connectivity index is 3.76. The Morgan fingerprint density at radius 2 is 2.18 bits per heavy atom. The van der Waals surface area contributed by atoms with Crippen molar-refractivity contribution in [1.29, 1.82) is 0 Å². The van der Waals surface area contributed by atoms with Crippen LogP contribution in [0.25, 0.3) is 0 Å². The lowest BCUT2D eigenvalue weighted by Gasteiger charge is -1.96. The number of ether oxygens (including phenoxy) is 1. The van der Waals surface area contributed by atoms with Gasteiger partial charge >= 0.3 is 6.09 Å². The number of rotatable bonds is 2. The van der Waals surface area contributed by atoms with Crippen molar-refractivity contribution in [2.45, 2.75) is 20.8 Å². The van der Waals surface area contributed by atoms with E-state index in [1.165, 1.54) is 11.8 Å². The first-order valence-corrected chi connectivity index (χ1v) is 4.54. The van der Waals surface area contributed by atoms with Gasteiger partial charge in [-0.15, -0.1) is 11.8 Å². The van der Waals surface area contributed by atoms with Gasteiger partial charge in [0.05, 0.1) is 11.7 Å². The van der Waals surface area contributed by atoms with E-state index in [-0.39, 0.29) is 0 Å². The first kappa shape index (κ1) is 10.5. The molecule has 0 saturated heterocycles. The van der Waals surface area contributed by atoms with Gasteiger partial charge in [0.15, 0.2) is 0 Å². The third-order valence-corrected chi connectivity index (χ3v) is 1.67. The molecule has 0 aromatic carbocycles. The molecule has 4 heteroatoms. The molecule has 0 heterocycles. The Morgan fingerprint density at radius 3 is 2.64 bits per heavy atom. The predicted molar refractivity (Wildman–Crippen MR) is 48.3 cm³/mol. The van der Waals surface area contributed by atoms with Crippen LogP contribution >= 0.6 is 11.8 Å². The summed E-state index contributed by atoms with van der Waals surface area (Å²) < 4.78 is 4.62. The molecule has 0 saturated carbocycles. The highest BCUT2D eigenvalue weighted by molar-refractivity contribution is 8.13. The molecule has 3 nitrogen and oxygen atoms in total. The van der Waals surface area contributed by atoms with Crippen molar-refractivity contribution in [1.82, 2.24) is 0 Å². The van der Waals surface area contributed by atoms with Gasteiger partial charge in [0.25, 0.3) is 0 Å². The lowest BCUT2D eigenvalue weighted by Crippen LogP contribution is -2.00. The second kappa shape index (κ2) is 6.22. The standard InChI is InChI=1S/C7H13NO2S/c1-4-10-7(9)8-6(3)11-5-2/h4-5H2,1-3H3/b8-6-. The van der Waals surface area contributed by atoms with Crippen LogP contribution in [0.1, 0.15) is 20.8 Å². The lowest BCUT2D eigenvalue weighted by molar-refractivity contribution is 0.163. The first-order chi connectivity index (χ1) is 5.20. The Morgan fingerprint density at radius 1 is 1.55 bits per heavy atom. The summed E-state index contributed by atoms with van der Waals surface area (Å²) in [4.78, 5) is 14.4. The summed E-state index contributed by atoms with van der Waals surface area (Å²) in [7, 11) is 0. The molecule has 0 aliphatic carbocycles. The average Bonchev–Trinajstić information content (AvgIpc) is 1.87. The van der Waals surface area contributed by atoms with Gasteiger partial charge in [-0.2, -0.15) is 4.99 Å². The van der Waals surface area contributed by atoms with E-state index in [0.717, 1.165) is 10.8 Å². The highest BCUT2D eigenvalue weighted by atomic mass is 32.2. The smallest absolute Gasteiger partial charge is 0.434 e. The van der Waals surface area contributed by atoms with Gasteiger partial charge in [-0.25, -0.2) is 4.79 Å². The normalized spacial score (nSPS) is 11.4. The van der Waals surface area contributed by atoms with Crippen LogP contribution in [-0.4, -0.2) is 23.5 Å². The van der Waals surface area contributed by atoms with E-state index in [9.17, 15) is 4.79 Å². The second-order valence-electron chi connectivity index (χ2n) is 1.76. The number of aliphatic imine (C=N–C) groups is 1. The molecule has 0 aliphatic rings. The van der Waals surface area contributed by atoms with Crippen molar-refractivity contribution in [2.75, 3.05) is 12.4 Å². The summed E-state index contributed by atoms with van der Waals surface area (Å²) in [6, 6.07) is 0. The molecule has 0 N–H and O–H groups in total. The minimum absolute atomic E-state index is 0.381. The van der Waals surface area contributed by atoms with Crippen LogP contribution < -0.4 is 0 Å². The molecule has 0 aromatic rings. The molecule has 0 aromatic heterocycles. The van der Waals surface area contributed by atoms with Crippen molar-refractivity contribution in [3.05, 3.63) is 0 Å². The van der Waals surface area contributed by atoms with Gasteiger partial charge in [0.1, 0.15) is 0 Å². The van der Waals surface area contributed by atoms with Gasteiger partial charge in [-0.05, 0) is 19.6 Å². The van der Waals surface area contributed by atoms with Crippen molar-refractivity contribution >= 4 is 22.9 Å². The van der Waals surface area contributed by atoms with E-state index >= 15 is 0 Å². The third kappa shape index (κ3) is 5.91. The predicted octanol–water partition coefficient (Wildman–Crippen LogP) is 2.31.